The number of H-pyrrole nitrogens is 1. The first-order valence-corrected chi connectivity index (χ1v) is 12.3. The summed E-state index contributed by atoms with van der Waals surface area (Å²) in [4.78, 5) is 16.9. The second kappa shape index (κ2) is 9.49. The van der Waals surface area contributed by atoms with E-state index in [1.165, 1.54) is 0 Å². The van der Waals surface area contributed by atoms with E-state index in [1.807, 2.05) is 42.5 Å². The molecule has 0 aliphatic rings. The van der Waals surface area contributed by atoms with E-state index in [9.17, 15) is 13.2 Å². The van der Waals surface area contributed by atoms with Crippen LogP contribution in [0.4, 0.5) is 5.69 Å². The van der Waals surface area contributed by atoms with Gasteiger partial charge in [0.1, 0.15) is 5.69 Å². The molecule has 9 heteroatoms. The Morgan fingerprint density at radius 3 is 2.51 bits per heavy atom. The molecule has 5 aromatic rings. The third-order valence-electron chi connectivity index (χ3n) is 5.49. The van der Waals surface area contributed by atoms with E-state index in [0.717, 1.165) is 16.5 Å². The van der Waals surface area contributed by atoms with Crippen LogP contribution in [0.1, 0.15) is 16.1 Å². The minimum atomic E-state index is -3.73. The van der Waals surface area contributed by atoms with E-state index < -0.39 is 10.0 Å². The molecule has 5 rings (SSSR count). The van der Waals surface area contributed by atoms with Crippen molar-refractivity contribution in [1.82, 2.24) is 19.9 Å². The maximum Gasteiger partial charge on any atom is 0.274 e. The average molecular weight is 484 g/mol. The number of amides is 1. The van der Waals surface area contributed by atoms with Crippen molar-refractivity contribution in [2.45, 2.75) is 11.4 Å². The molecule has 3 aromatic carbocycles. The zero-order valence-corrected chi connectivity index (χ0v) is 19.3. The van der Waals surface area contributed by atoms with Gasteiger partial charge in [0, 0.05) is 18.1 Å². The van der Waals surface area contributed by atoms with Crippen LogP contribution in [0.15, 0.2) is 102 Å². The predicted octanol–water partition coefficient (Wildman–Crippen LogP) is 4.36. The summed E-state index contributed by atoms with van der Waals surface area (Å²) in [5.41, 5.74) is 3.79. The summed E-state index contributed by atoms with van der Waals surface area (Å²) < 4.78 is 28.5. The number of aromatic amines is 1. The van der Waals surface area contributed by atoms with Crippen LogP contribution < -0.4 is 10.0 Å². The number of anilines is 1. The van der Waals surface area contributed by atoms with Crippen LogP contribution in [0.5, 0.6) is 0 Å². The van der Waals surface area contributed by atoms with Crippen molar-refractivity contribution in [2.75, 3.05) is 5.32 Å². The molecule has 0 bridgehead atoms. The Morgan fingerprint density at radius 2 is 1.71 bits per heavy atom. The molecule has 0 atom stereocenters. The Bertz CT molecular complexity index is 1600. The fourth-order valence-corrected chi connectivity index (χ4v) is 4.77. The Labute approximate surface area is 202 Å². The van der Waals surface area contributed by atoms with Gasteiger partial charge in [-0.1, -0.05) is 48.5 Å². The lowest BCUT2D eigenvalue weighted by atomic mass is 10.0. The van der Waals surface area contributed by atoms with Gasteiger partial charge in [-0.15, -0.1) is 0 Å². The standard InChI is InChI=1S/C26H21N5O3S/c32-26(23-11-4-5-12-27-23)30-24-14-20(15-25-22(24)17-28-31-25)19-9-6-10-21(13-19)35(33,34)29-16-18-7-2-1-3-8-18/h1-15,17,29H,16H2,(H,28,31)(H,30,32). The highest BCUT2D eigenvalue weighted by Gasteiger charge is 2.16. The van der Waals surface area contributed by atoms with Crippen LogP contribution in [-0.2, 0) is 16.6 Å². The number of nitrogens with one attached hydrogen (secondary N) is 3. The Morgan fingerprint density at radius 1 is 0.886 bits per heavy atom. The first-order valence-electron chi connectivity index (χ1n) is 10.8. The molecule has 174 valence electrons. The SMILES string of the molecule is O=C(Nc1cc(-c2cccc(S(=O)(=O)NCc3ccccc3)c2)cc2[nH]ncc12)c1ccccn1. The number of carbonyl (C=O) groups is 1. The van der Waals surface area contributed by atoms with Crippen LogP contribution in [0.3, 0.4) is 0 Å². The number of hydrogen-bond donors (Lipinski definition) is 3. The van der Waals surface area contributed by atoms with Gasteiger partial charge in [0.15, 0.2) is 0 Å². The normalized spacial score (nSPS) is 11.4. The number of hydrogen-bond acceptors (Lipinski definition) is 5. The van der Waals surface area contributed by atoms with E-state index in [1.54, 1.807) is 54.9 Å². The first kappa shape index (κ1) is 22.5. The summed E-state index contributed by atoms with van der Waals surface area (Å²) in [6, 6.07) is 24.7. The second-order valence-corrected chi connectivity index (χ2v) is 9.63. The lowest BCUT2D eigenvalue weighted by molar-refractivity contribution is 0.102. The molecule has 0 radical (unpaired) electrons. The van der Waals surface area contributed by atoms with Gasteiger partial charge in [-0.05, 0) is 53.1 Å². The minimum absolute atomic E-state index is 0.148. The Balaban J connectivity index is 1.46. The zero-order valence-electron chi connectivity index (χ0n) is 18.5. The van der Waals surface area contributed by atoms with Gasteiger partial charge in [-0.3, -0.25) is 14.9 Å². The van der Waals surface area contributed by atoms with Gasteiger partial charge in [-0.25, -0.2) is 13.1 Å². The third-order valence-corrected chi connectivity index (χ3v) is 6.89. The van der Waals surface area contributed by atoms with Gasteiger partial charge in [-0.2, -0.15) is 5.10 Å². The van der Waals surface area contributed by atoms with Crippen LogP contribution in [-0.4, -0.2) is 29.5 Å². The van der Waals surface area contributed by atoms with Crippen molar-refractivity contribution < 1.29 is 13.2 Å². The highest BCUT2D eigenvalue weighted by molar-refractivity contribution is 7.89. The maximum atomic E-state index is 12.9. The lowest BCUT2D eigenvalue weighted by Gasteiger charge is -2.11. The quantitative estimate of drug-likeness (QED) is 0.318. The monoisotopic (exact) mass is 483 g/mol. The summed E-state index contributed by atoms with van der Waals surface area (Å²) in [5.74, 6) is -0.355. The number of rotatable bonds is 7. The van der Waals surface area contributed by atoms with Gasteiger partial charge in [0.05, 0.1) is 22.3 Å². The van der Waals surface area contributed by atoms with Crippen molar-refractivity contribution in [3.63, 3.8) is 0 Å². The number of benzene rings is 3. The molecule has 1 amide bonds. The van der Waals surface area contributed by atoms with E-state index >= 15 is 0 Å². The molecular formula is C26H21N5O3S. The molecule has 3 N–H and O–H groups in total. The highest BCUT2D eigenvalue weighted by atomic mass is 32.2. The van der Waals surface area contributed by atoms with E-state index in [4.69, 9.17) is 0 Å². The number of sulfonamides is 1. The first-order chi connectivity index (χ1) is 17.0. The number of nitrogens with zero attached hydrogens (tertiary/aromatic N) is 2. The molecular weight excluding hydrogens is 462 g/mol. The third kappa shape index (κ3) is 4.96. The van der Waals surface area contributed by atoms with E-state index in [0.29, 0.717) is 16.8 Å². The van der Waals surface area contributed by atoms with Crippen LogP contribution in [0.25, 0.3) is 22.0 Å². The van der Waals surface area contributed by atoms with Gasteiger partial charge in [0.2, 0.25) is 10.0 Å². The average Bonchev–Trinajstić information content (AvgIpc) is 3.38. The van der Waals surface area contributed by atoms with Crippen LogP contribution in [0.2, 0.25) is 0 Å². The van der Waals surface area contributed by atoms with Gasteiger partial charge < -0.3 is 5.32 Å². The van der Waals surface area contributed by atoms with Crippen molar-refractivity contribution in [1.29, 1.82) is 0 Å². The molecule has 2 aromatic heterocycles. The topological polar surface area (TPSA) is 117 Å². The number of aromatic nitrogens is 3. The molecule has 0 saturated heterocycles. The second-order valence-electron chi connectivity index (χ2n) is 7.86. The van der Waals surface area contributed by atoms with Gasteiger partial charge >= 0.3 is 0 Å². The molecule has 0 aliphatic heterocycles. The molecule has 8 nitrogen and oxygen atoms in total. The molecule has 0 saturated carbocycles. The van der Waals surface area contributed by atoms with E-state index in [2.05, 4.69) is 25.2 Å². The summed E-state index contributed by atoms with van der Waals surface area (Å²) in [6.07, 6.45) is 3.18. The summed E-state index contributed by atoms with van der Waals surface area (Å²) >= 11 is 0. The number of carbonyl (C=O) groups excluding carboxylic acids is 1. The number of fused-ring (bicyclic) bond motifs is 1. The minimum Gasteiger partial charge on any atom is -0.320 e. The van der Waals surface area contributed by atoms with E-state index in [-0.39, 0.29) is 23.0 Å². The lowest BCUT2D eigenvalue weighted by Crippen LogP contribution is -2.23. The van der Waals surface area contributed by atoms with Crippen molar-refractivity contribution in [3.05, 3.63) is 109 Å². The molecule has 0 fully saturated rings. The molecule has 0 aliphatic carbocycles. The zero-order chi connectivity index (χ0) is 24.3. The van der Waals surface area contributed by atoms with Crippen molar-refractivity contribution in [3.8, 4) is 11.1 Å². The summed E-state index contributed by atoms with van der Waals surface area (Å²) in [5, 5.41) is 10.6. The van der Waals surface area contributed by atoms with Crippen LogP contribution in [0, 0.1) is 0 Å². The Kier molecular flexibility index (Phi) is 6.09. The molecule has 35 heavy (non-hydrogen) atoms. The van der Waals surface area contributed by atoms with Crippen molar-refractivity contribution in [2.24, 2.45) is 0 Å². The van der Waals surface area contributed by atoms with Crippen molar-refractivity contribution >= 4 is 32.5 Å². The predicted molar refractivity (Wildman–Crippen MR) is 134 cm³/mol. The summed E-state index contributed by atoms with van der Waals surface area (Å²) in [7, 11) is -3.73. The summed E-state index contributed by atoms with van der Waals surface area (Å²) in [6.45, 7) is 0.192. The fourth-order valence-electron chi connectivity index (χ4n) is 3.71. The van der Waals surface area contributed by atoms with Gasteiger partial charge in [0.25, 0.3) is 5.91 Å². The maximum absolute atomic E-state index is 12.9. The highest BCUT2D eigenvalue weighted by Crippen LogP contribution is 2.31. The van der Waals surface area contributed by atoms with Crippen LogP contribution >= 0.6 is 0 Å². The molecule has 2 heterocycles. The largest absolute Gasteiger partial charge is 0.320 e. The number of pyridine rings is 1. The Hall–Kier alpha value is -4.34. The molecule has 0 unspecified atom stereocenters. The fraction of sp³-hybridized carbons (Fsp3) is 0.0385. The molecule has 0 spiro atoms. The smallest absolute Gasteiger partial charge is 0.274 e.